The zero-order valence-electron chi connectivity index (χ0n) is 12.0. The molecule has 116 valence electrons. The number of carboxylic acids is 1. The van der Waals surface area contributed by atoms with Crippen LogP contribution in [0.1, 0.15) is 12.0 Å². The van der Waals surface area contributed by atoms with Crippen LogP contribution >= 0.6 is 0 Å². The number of aromatic hydroxyl groups is 1. The second-order valence-electron chi connectivity index (χ2n) is 4.61. The van der Waals surface area contributed by atoms with Gasteiger partial charge in [-0.2, -0.15) is 0 Å². The second-order valence-corrected chi connectivity index (χ2v) is 4.61. The lowest BCUT2D eigenvalue weighted by Gasteiger charge is -2.14. The van der Waals surface area contributed by atoms with Crippen LogP contribution < -0.4 is 10.6 Å². The molecular formula is C14H20N2O5. The number of carboxylic acid groups (broad SMARTS) is 1. The minimum Gasteiger partial charge on any atom is -0.506 e. The number of anilines is 1. The first-order valence-electron chi connectivity index (χ1n) is 6.48. The summed E-state index contributed by atoms with van der Waals surface area (Å²) in [5.41, 5.74) is 1.14. The van der Waals surface area contributed by atoms with Gasteiger partial charge in [0.1, 0.15) is 11.8 Å². The van der Waals surface area contributed by atoms with E-state index in [0.717, 1.165) is 5.56 Å². The van der Waals surface area contributed by atoms with E-state index in [4.69, 9.17) is 9.84 Å². The third-order valence-electron chi connectivity index (χ3n) is 2.81. The first-order valence-corrected chi connectivity index (χ1v) is 6.48. The quantitative estimate of drug-likeness (QED) is 0.416. The molecule has 1 amide bonds. The normalized spacial score (nSPS) is 11.9. The van der Waals surface area contributed by atoms with Crippen LogP contribution in [0.5, 0.6) is 5.75 Å². The SMILES string of the molecule is COCCN[C@@H](CC(=O)Nc1cc(C)ccc1O)C(=O)O. The molecule has 0 aliphatic heterocycles. The molecule has 0 saturated carbocycles. The van der Waals surface area contributed by atoms with Gasteiger partial charge in [0.15, 0.2) is 0 Å². The third-order valence-corrected chi connectivity index (χ3v) is 2.81. The van der Waals surface area contributed by atoms with Crippen LogP contribution in [0.15, 0.2) is 18.2 Å². The predicted molar refractivity (Wildman–Crippen MR) is 77.4 cm³/mol. The van der Waals surface area contributed by atoms with Gasteiger partial charge in [-0.15, -0.1) is 0 Å². The summed E-state index contributed by atoms with van der Waals surface area (Å²) < 4.78 is 4.81. The summed E-state index contributed by atoms with van der Waals surface area (Å²) >= 11 is 0. The Morgan fingerprint density at radius 1 is 1.38 bits per heavy atom. The van der Waals surface area contributed by atoms with Gasteiger partial charge in [0.2, 0.25) is 5.91 Å². The highest BCUT2D eigenvalue weighted by Crippen LogP contribution is 2.23. The van der Waals surface area contributed by atoms with Crippen molar-refractivity contribution in [3.63, 3.8) is 0 Å². The maximum Gasteiger partial charge on any atom is 0.321 e. The maximum atomic E-state index is 11.9. The Kier molecular flexibility index (Phi) is 6.64. The fourth-order valence-corrected chi connectivity index (χ4v) is 1.72. The standard InChI is InChI=1S/C14H20N2O5/c1-9-3-4-12(17)10(7-9)16-13(18)8-11(14(19)20)15-5-6-21-2/h3-4,7,11,15,17H,5-6,8H2,1-2H3,(H,16,18)(H,19,20)/t11-/m0/s1. The molecule has 0 unspecified atom stereocenters. The number of amides is 1. The summed E-state index contributed by atoms with van der Waals surface area (Å²) in [4.78, 5) is 22.9. The van der Waals surface area contributed by atoms with Crippen molar-refractivity contribution in [1.82, 2.24) is 5.32 Å². The molecule has 1 atom stereocenters. The van der Waals surface area contributed by atoms with Gasteiger partial charge in [-0.05, 0) is 24.6 Å². The van der Waals surface area contributed by atoms with Crippen LogP contribution in [0.4, 0.5) is 5.69 Å². The Morgan fingerprint density at radius 3 is 2.71 bits per heavy atom. The third kappa shape index (κ3) is 5.80. The van der Waals surface area contributed by atoms with E-state index in [1.165, 1.54) is 13.2 Å². The number of ether oxygens (including phenoxy) is 1. The smallest absolute Gasteiger partial charge is 0.321 e. The van der Waals surface area contributed by atoms with E-state index in [-0.39, 0.29) is 17.9 Å². The van der Waals surface area contributed by atoms with Crippen molar-refractivity contribution in [1.29, 1.82) is 0 Å². The number of hydrogen-bond donors (Lipinski definition) is 4. The Bertz CT molecular complexity index is 504. The number of rotatable bonds is 8. The molecule has 0 fully saturated rings. The maximum absolute atomic E-state index is 11.9. The van der Waals surface area contributed by atoms with Crippen LogP contribution in [-0.4, -0.2) is 48.4 Å². The Labute approximate surface area is 122 Å². The van der Waals surface area contributed by atoms with Gasteiger partial charge in [0.25, 0.3) is 0 Å². The first kappa shape index (κ1) is 16.9. The van der Waals surface area contributed by atoms with Gasteiger partial charge >= 0.3 is 5.97 Å². The number of aryl methyl sites for hydroxylation is 1. The van der Waals surface area contributed by atoms with E-state index in [9.17, 15) is 14.7 Å². The van der Waals surface area contributed by atoms with Crippen LogP contribution in [0, 0.1) is 6.92 Å². The number of carbonyl (C=O) groups is 2. The lowest BCUT2D eigenvalue weighted by Crippen LogP contribution is -2.41. The van der Waals surface area contributed by atoms with E-state index in [1.807, 2.05) is 6.92 Å². The molecule has 7 nitrogen and oxygen atoms in total. The van der Waals surface area contributed by atoms with Gasteiger partial charge in [0, 0.05) is 13.7 Å². The molecule has 0 radical (unpaired) electrons. The van der Waals surface area contributed by atoms with Crippen molar-refractivity contribution in [2.45, 2.75) is 19.4 Å². The van der Waals surface area contributed by atoms with Crippen molar-refractivity contribution in [2.24, 2.45) is 0 Å². The number of hydrogen-bond acceptors (Lipinski definition) is 5. The van der Waals surface area contributed by atoms with Crippen LogP contribution in [0.2, 0.25) is 0 Å². The summed E-state index contributed by atoms with van der Waals surface area (Å²) in [7, 11) is 1.50. The van der Waals surface area contributed by atoms with Crippen LogP contribution in [0.3, 0.4) is 0 Å². The average Bonchev–Trinajstić information content (AvgIpc) is 2.42. The largest absolute Gasteiger partial charge is 0.506 e. The fraction of sp³-hybridized carbons (Fsp3) is 0.429. The minimum atomic E-state index is -1.12. The van der Waals surface area contributed by atoms with Gasteiger partial charge in [-0.1, -0.05) is 6.07 Å². The Balaban J connectivity index is 2.61. The van der Waals surface area contributed by atoms with Crippen molar-refractivity contribution in [2.75, 3.05) is 25.6 Å². The average molecular weight is 296 g/mol. The Hall–Kier alpha value is -2.12. The highest BCUT2D eigenvalue weighted by molar-refractivity contribution is 5.95. The van der Waals surface area contributed by atoms with Gasteiger partial charge < -0.3 is 25.6 Å². The van der Waals surface area contributed by atoms with Gasteiger partial charge in [0.05, 0.1) is 18.7 Å². The molecule has 21 heavy (non-hydrogen) atoms. The highest BCUT2D eigenvalue weighted by Gasteiger charge is 2.21. The molecule has 4 N–H and O–H groups in total. The molecule has 1 aromatic carbocycles. The predicted octanol–water partition coefficient (Wildman–Crippen LogP) is 0.718. The summed E-state index contributed by atoms with van der Waals surface area (Å²) in [5, 5.41) is 23.9. The number of methoxy groups -OCH3 is 1. The molecule has 1 rings (SSSR count). The minimum absolute atomic E-state index is 0.0619. The topological polar surface area (TPSA) is 108 Å². The highest BCUT2D eigenvalue weighted by atomic mass is 16.5. The monoisotopic (exact) mass is 296 g/mol. The number of phenols is 1. The molecule has 0 heterocycles. The Morgan fingerprint density at radius 2 is 2.10 bits per heavy atom. The van der Waals surface area contributed by atoms with Crippen LogP contribution in [-0.2, 0) is 14.3 Å². The van der Waals surface area contributed by atoms with Crippen molar-refractivity contribution in [3.8, 4) is 5.75 Å². The lowest BCUT2D eigenvalue weighted by molar-refractivity contribution is -0.141. The fourth-order valence-electron chi connectivity index (χ4n) is 1.72. The molecule has 0 saturated heterocycles. The molecule has 0 aliphatic rings. The molecule has 7 heteroatoms. The summed E-state index contributed by atoms with van der Waals surface area (Å²) in [6, 6.07) is 3.78. The number of aliphatic carboxylic acids is 1. The molecule has 0 aromatic heterocycles. The zero-order valence-corrected chi connectivity index (χ0v) is 12.0. The van der Waals surface area contributed by atoms with Crippen molar-refractivity contribution in [3.05, 3.63) is 23.8 Å². The van der Waals surface area contributed by atoms with Crippen molar-refractivity contribution < 1.29 is 24.5 Å². The molecule has 0 aliphatic carbocycles. The number of benzene rings is 1. The number of nitrogens with one attached hydrogen (secondary N) is 2. The van der Waals surface area contributed by atoms with Gasteiger partial charge in [-0.25, -0.2) is 0 Å². The summed E-state index contributed by atoms with van der Waals surface area (Å²) in [6.07, 6.45) is -0.244. The van der Waals surface area contributed by atoms with E-state index in [1.54, 1.807) is 12.1 Å². The van der Waals surface area contributed by atoms with E-state index in [2.05, 4.69) is 10.6 Å². The molecule has 0 spiro atoms. The van der Waals surface area contributed by atoms with Crippen molar-refractivity contribution >= 4 is 17.6 Å². The van der Waals surface area contributed by atoms with E-state index < -0.39 is 17.9 Å². The van der Waals surface area contributed by atoms with E-state index in [0.29, 0.717) is 13.2 Å². The first-order chi connectivity index (χ1) is 9.93. The zero-order chi connectivity index (χ0) is 15.8. The lowest BCUT2D eigenvalue weighted by atomic mass is 10.1. The molecular weight excluding hydrogens is 276 g/mol. The number of phenolic OH excluding ortho intramolecular Hbond substituents is 1. The van der Waals surface area contributed by atoms with Gasteiger partial charge in [-0.3, -0.25) is 9.59 Å². The van der Waals surface area contributed by atoms with E-state index >= 15 is 0 Å². The molecule has 1 aromatic rings. The summed E-state index contributed by atoms with van der Waals surface area (Å²) in [5.74, 6) is -1.67. The summed E-state index contributed by atoms with van der Waals surface area (Å²) in [6.45, 7) is 2.50. The molecule has 0 bridgehead atoms. The second kappa shape index (κ2) is 8.23. The number of carbonyl (C=O) groups excluding carboxylic acids is 1. The van der Waals surface area contributed by atoms with Crippen LogP contribution in [0.25, 0.3) is 0 Å².